The monoisotopic (exact) mass is 565 g/mol. The molecule has 0 bridgehead atoms. The predicted octanol–water partition coefficient (Wildman–Crippen LogP) is 5.28. The van der Waals surface area contributed by atoms with Crippen molar-refractivity contribution in [1.82, 2.24) is 34.6 Å². The average molecular weight is 566 g/mol. The summed E-state index contributed by atoms with van der Waals surface area (Å²) in [6.07, 6.45) is 9.76. The molecule has 0 N–H and O–H groups in total. The summed E-state index contributed by atoms with van der Waals surface area (Å²) in [5, 5.41) is 5.67. The fourth-order valence-corrected chi connectivity index (χ4v) is 5.05. The normalized spacial score (nSPS) is 14.7. The van der Waals surface area contributed by atoms with Crippen molar-refractivity contribution in [2.75, 3.05) is 6.54 Å². The summed E-state index contributed by atoms with van der Waals surface area (Å²) in [7, 11) is 0. The van der Waals surface area contributed by atoms with Crippen molar-refractivity contribution in [3.05, 3.63) is 97.2 Å². The third-order valence-corrected chi connectivity index (χ3v) is 7.08. The van der Waals surface area contributed by atoms with Crippen molar-refractivity contribution < 1.29 is 18.7 Å². The van der Waals surface area contributed by atoms with E-state index in [1.165, 1.54) is 24.5 Å². The van der Waals surface area contributed by atoms with Crippen molar-refractivity contribution >= 4 is 16.9 Å². The molecule has 0 aliphatic carbocycles. The minimum absolute atomic E-state index is 0.0163. The van der Waals surface area contributed by atoms with Crippen molar-refractivity contribution in [2.45, 2.75) is 39.0 Å². The molecule has 10 nitrogen and oxygen atoms in total. The first kappa shape index (κ1) is 27.0. The third-order valence-electron chi connectivity index (χ3n) is 7.08. The maximum absolute atomic E-state index is 14.3. The number of aryl methyl sites for hydroxylation is 1. The van der Waals surface area contributed by atoms with Crippen LogP contribution in [0.5, 0.6) is 17.2 Å². The lowest BCUT2D eigenvalue weighted by molar-refractivity contribution is -0.127. The van der Waals surface area contributed by atoms with Gasteiger partial charge < -0.3 is 14.4 Å². The number of rotatable bonds is 9. The number of likely N-dealkylation sites (tertiary alicyclic amines) is 1. The van der Waals surface area contributed by atoms with Crippen molar-refractivity contribution in [2.24, 2.45) is 0 Å². The van der Waals surface area contributed by atoms with Crippen molar-refractivity contribution in [3.8, 4) is 28.5 Å². The molecule has 2 aromatic carbocycles. The van der Waals surface area contributed by atoms with E-state index in [1.807, 2.05) is 21.7 Å². The molecule has 0 radical (unpaired) electrons. The highest BCUT2D eigenvalue weighted by molar-refractivity contribution is 5.90. The van der Waals surface area contributed by atoms with Gasteiger partial charge in [-0.1, -0.05) is 6.58 Å². The molecule has 42 heavy (non-hydrogen) atoms. The van der Waals surface area contributed by atoms with Gasteiger partial charge in [-0.25, -0.2) is 29.0 Å². The summed E-state index contributed by atoms with van der Waals surface area (Å²) in [5.41, 5.74) is 3.03. The Bertz CT molecular complexity index is 1740. The number of nitrogens with zero attached hydrogens (tertiary/aromatic N) is 7. The Labute approximate surface area is 241 Å². The SMILES string of the molecule is C=CC(=O)N1CCC[C@@H]1Cn1nc(-c2ccc(Oc3cc(F)cc(OCc4cnc(C)nc4)c3)cc2)c2cncnc21. The zero-order valence-electron chi connectivity index (χ0n) is 23.0. The van der Waals surface area contributed by atoms with Gasteiger partial charge in [-0.2, -0.15) is 5.10 Å². The quantitative estimate of drug-likeness (QED) is 0.222. The zero-order chi connectivity index (χ0) is 29.1. The first-order valence-corrected chi connectivity index (χ1v) is 13.6. The first-order valence-electron chi connectivity index (χ1n) is 13.6. The molecular formula is C31H28FN7O3. The number of ether oxygens (including phenoxy) is 2. The molecule has 1 atom stereocenters. The smallest absolute Gasteiger partial charge is 0.246 e. The van der Waals surface area contributed by atoms with Crippen LogP contribution in [0.15, 0.2) is 80.0 Å². The van der Waals surface area contributed by atoms with E-state index in [2.05, 4.69) is 26.5 Å². The van der Waals surface area contributed by atoms with Crippen molar-refractivity contribution in [3.63, 3.8) is 0 Å². The highest BCUT2D eigenvalue weighted by Crippen LogP contribution is 2.32. The average Bonchev–Trinajstić information content (AvgIpc) is 3.62. The second-order valence-corrected chi connectivity index (χ2v) is 10.00. The standard InChI is InChI=1S/C31H28FN7O3/c1-3-29(40)38-10-4-5-24(38)17-39-31-28(16-33-19-36-31)30(37-39)22-6-8-25(9-7-22)42-27-12-23(32)11-26(13-27)41-18-21-14-34-20(2)35-15-21/h3,6-9,11-16,19,24H,1,4-5,10,17-18H2,2H3/t24-/m1/s1. The molecule has 0 spiro atoms. The topological polar surface area (TPSA) is 108 Å². The van der Waals surface area contributed by atoms with Gasteiger partial charge in [0, 0.05) is 54.5 Å². The molecule has 1 aliphatic rings. The van der Waals surface area contributed by atoms with E-state index in [-0.39, 0.29) is 18.6 Å². The Kier molecular flexibility index (Phi) is 7.54. The van der Waals surface area contributed by atoms with E-state index >= 15 is 0 Å². The Balaban J connectivity index is 1.19. The molecular weight excluding hydrogens is 537 g/mol. The number of aromatic nitrogens is 6. The maximum atomic E-state index is 14.3. The van der Waals surface area contributed by atoms with E-state index < -0.39 is 5.82 Å². The molecule has 3 aromatic heterocycles. The van der Waals surface area contributed by atoms with Crippen molar-refractivity contribution in [1.29, 1.82) is 0 Å². The van der Waals surface area contributed by atoms with Crippen LogP contribution in [0.25, 0.3) is 22.3 Å². The van der Waals surface area contributed by atoms with Crippen LogP contribution in [0.1, 0.15) is 24.2 Å². The molecule has 1 aliphatic heterocycles. The summed E-state index contributed by atoms with van der Waals surface area (Å²) in [5.74, 6) is 1.26. The second kappa shape index (κ2) is 11.7. The van der Waals surface area contributed by atoms with Gasteiger partial charge in [0.2, 0.25) is 5.91 Å². The Morgan fingerprint density at radius 1 is 1.07 bits per heavy atom. The van der Waals surface area contributed by atoms with Gasteiger partial charge in [-0.15, -0.1) is 0 Å². The second-order valence-electron chi connectivity index (χ2n) is 10.00. The largest absolute Gasteiger partial charge is 0.489 e. The van der Waals surface area contributed by atoms with Gasteiger partial charge in [-0.05, 0) is 50.1 Å². The lowest BCUT2D eigenvalue weighted by Gasteiger charge is -2.23. The summed E-state index contributed by atoms with van der Waals surface area (Å²) in [6.45, 7) is 6.86. The van der Waals surface area contributed by atoms with Crippen LogP contribution in [-0.2, 0) is 17.9 Å². The van der Waals surface area contributed by atoms with Gasteiger partial charge >= 0.3 is 0 Å². The van der Waals surface area contributed by atoms with Gasteiger partial charge in [-0.3, -0.25) is 4.79 Å². The molecule has 0 unspecified atom stereocenters. The minimum atomic E-state index is -0.480. The number of halogens is 1. The summed E-state index contributed by atoms with van der Waals surface area (Å²) >= 11 is 0. The first-order chi connectivity index (χ1) is 20.5. The molecule has 5 aromatic rings. The lowest BCUT2D eigenvalue weighted by atomic mass is 10.1. The van der Waals surface area contributed by atoms with E-state index in [1.54, 1.807) is 43.7 Å². The minimum Gasteiger partial charge on any atom is -0.489 e. The van der Waals surface area contributed by atoms with Gasteiger partial charge in [0.05, 0.1) is 18.0 Å². The van der Waals surface area contributed by atoms with Gasteiger partial charge in [0.15, 0.2) is 5.65 Å². The Morgan fingerprint density at radius 2 is 1.86 bits per heavy atom. The van der Waals surface area contributed by atoms with E-state index in [9.17, 15) is 9.18 Å². The van der Waals surface area contributed by atoms with Gasteiger partial charge in [0.1, 0.15) is 47.5 Å². The highest BCUT2D eigenvalue weighted by atomic mass is 19.1. The molecule has 11 heteroatoms. The van der Waals surface area contributed by atoms with Crippen LogP contribution in [0, 0.1) is 12.7 Å². The van der Waals surface area contributed by atoms with Crippen LogP contribution in [0.4, 0.5) is 4.39 Å². The summed E-state index contributed by atoms with van der Waals surface area (Å²) in [4.78, 5) is 31.1. The lowest BCUT2D eigenvalue weighted by Crippen LogP contribution is -2.37. The number of hydrogen-bond donors (Lipinski definition) is 0. The molecule has 6 rings (SSSR count). The van der Waals surface area contributed by atoms with Crippen LogP contribution in [0.2, 0.25) is 0 Å². The summed E-state index contributed by atoms with van der Waals surface area (Å²) < 4.78 is 27.9. The van der Waals surface area contributed by atoms with Crippen LogP contribution in [0.3, 0.4) is 0 Å². The van der Waals surface area contributed by atoms with E-state index in [0.29, 0.717) is 41.8 Å². The Hall–Kier alpha value is -5.19. The predicted molar refractivity (Wildman–Crippen MR) is 153 cm³/mol. The Morgan fingerprint density at radius 3 is 2.64 bits per heavy atom. The van der Waals surface area contributed by atoms with Crippen LogP contribution >= 0.6 is 0 Å². The zero-order valence-corrected chi connectivity index (χ0v) is 23.0. The number of carbonyl (C=O) groups is 1. The molecule has 0 saturated carbocycles. The highest BCUT2D eigenvalue weighted by Gasteiger charge is 2.29. The van der Waals surface area contributed by atoms with Crippen LogP contribution in [-0.4, -0.2) is 53.1 Å². The van der Waals surface area contributed by atoms with Crippen LogP contribution < -0.4 is 9.47 Å². The molecule has 1 saturated heterocycles. The number of amides is 1. The molecule has 4 heterocycles. The molecule has 1 fully saturated rings. The number of fused-ring (bicyclic) bond motifs is 1. The van der Waals surface area contributed by atoms with E-state index in [4.69, 9.17) is 14.6 Å². The fraction of sp³-hybridized carbons (Fsp3) is 0.226. The molecule has 1 amide bonds. The summed E-state index contributed by atoms with van der Waals surface area (Å²) in [6, 6.07) is 11.6. The number of carbonyl (C=O) groups excluding carboxylic acids is 1. The fourth-order valence-electron chi connectivity index (χ4n) is 5.05. The number of hydrogen-bond acceptors (Lipinski definition) is 8. The third kappa shape index (κ3) is 5.80. The van der Waals surface area contributed by atoms with Gasteiger partial charge in [0.25, 0.3) is 0 Å². The number of benzene rings is 2. The maximum Gasteiger partial charge on any atom is 0.246 e. The van der Waals surface area contributed by atoms with E-state index in [0.717, 1.165) is 35.0 Å². The molecule has 212 valence electrons.